The summed E-state index contributed by atoms with van der Waals surface area (Å²) in [5, 5.41) is 2.97. The quantitative estimate of drug-likeness (QED) is 0.685. The third kappa shape index (κ3) is 2.69. The van der Waals surface area contributed by atoms with Crippen LogP contribution in [0.3, 0.4) is 0 Å². The molecule has 1 unspecified atom stereocenters. The van der Waals surface area contributed by atoms with Gasteiger partial charge in [-0.2, -0.15) is 0 Å². The van der Waals surface area contributed by atoms with Crippen LogP contribution in [0, 0.1) is 5.92 Å². The van der Waals surface area contributed by atoms with E-state index in [0.717, 1.165) is 19.3 Å². The summed E-state index contributed by atoms with van der Waals surface area (Å²) < 4.78 is 0. The van der Waals surface area contributed by atoms with E-state index in [1.165, 1.54) is 6.42 Å². The van der Waals surface area contributed by atoms with Gasteiger partial charge in [0.05, 0.1) is 6.04 Å². The first kappa shape index (κ1) is 10.5. The smallest absolute Gasteiger partial charge is 0.237 e. The molecule has 0 radical (unpaired) electrons. The van der Waals surface area contributed by atoms with Gasteiger partial charge in [0.15, 0.2) is 0 Å². The molecule has 76 valence electrons. The van der Waals surface area contributed by atoms with Crippen molar-refractivity contribution in [2.24, 2.45) is 11.7 Å². The topological polar surface area (TPSA) is 55.1 Å². The molecule has 1 amide bonds. The third-order valence-electron chi connectivity index (χ3n) is 3.01. The zero-order valence-corrected chi connectivity index (χ0v) is 8.55. The molecule has 1 aliphatic carbocycles. The summed E-state index contributed by atoms with van der Waals surface area (Å²) in [6.45, 7) is 4.08. The van der Waals surface area contributed by atoms with Crippen molar-refractivity contribution in [2.45, 2.75) is 51.6 Å². The fourth-order valence-corrected chi connectivity index (χ4v) is 1.36. The third-order valence-corrected chi connectivity index (χ3v) is 3.01. The number of rotatable bonds is 4. The number of hydrogen-bond donors (Lipinski definition) is 2. The molecule has 0 aliphatic heterocycles. The van der Waals surface area contributed by atoms with Crippen molar-refractivity contribution in [1.82, 2.24) is 5.32 Å². The molecule has 0 spiro atoms. The number of hydrogen-bond acceptors (Lipinski definition) is 2. The maximum absolute atomic E-state index is 11.5. The van der Waals surface area contributed by atoms with E-state index in [0.29, 0.717) is 6.04 Å². The van der Waals surface area contributed by atoms with E-state index >= 15 is 0 Å². The maximum atomic E-state index is 11.5. The lowest BCUT2D eigenvalue weighted by Crippen LogP contribution is -2.50. The van der Waals surface area contributed by atoms with Crippen LogP contribution in [-0.2, 0) is 4.79 Å². The molecule has 1 rings (SSSR count). The van der Waals surface area contributed by atoms with Crippen molar-refractivity contribution in [1.29, 1.82) is 0 Å². The van der Waals surface area contributed by atoms with Crippen LogP contribution in [0.4, 0.5) is 0 Å². The second-order valence-corrected chi connectivity index (χ2v) is 4.05. The first-order chi connectivity index (χ1) is 6.15. The van der Waals surface area contributed by atoms with Crippen molar-refractivity contribution >= 4 is 5.91 Å². The summed E-state index contributed by atoms with van der Waals surface area (Å²) in [7, 11) is 0. The summed E-state index contributed by atoms with van der Waals surface area (Å²) >= 11 is 0. The van der Waals surface area contributed by atoms with Gasteiger partial charge in [-0.15, -0.1) is 0 Å². The van der Waals surface area contributed by atoms with Gasteiger partial charge in [-0.05, 0) is 25.2 Å². The first-order valence-electron chi connectivity index (χ1n) is 5.21. The Morgan fingerprint density at radius 2 is 2.23 bits per heavy atom. The molecule has 3 heteroatoms. The highest BCUT2D eigenvalue weighted by molar-refractivity contribution is 5.82. The highest BCUT2D eigenvalue weighted by Crippen LogP contribution is 2.18. The number of amides is 1. The molecular formula is C10H20N2O. The molecule has 13 heavy (non-hydrogen) atoms. The van der Waals surface area contributed by atoms with E-state index in [2.05, 4.69) is 12.2 Å². The SMILES string of the molecule is CCC(C)[C@H](N)C(=O)NC1CCC1. The lowest BCUT2D eigenvalue weighted by molar-refractivity contribution is -0.124. The van der Waals surface area contributed by atoms with Gasteiger partial charge in [-0.1, -0.05) is 20.3 Å². The lowest BCUT2D eigenvalue weighted by Gasteiger charge is -2.28. The minimum Gasteiger partial charge on any atom is -0.352 e. The summed E-state index contributed by atoms with van der Waals surface area (Å²) in [5.74, 6) is 0.305. The molecule has 0 aromatic heterocycles. The van der Waals surface area contributed by atoms with Crippen molar-refractivity contribution < 1.29 is 4.79 Å². The van der Waals surface area contributed by atoms with Gasteiger partial charge < -0.3 is 11.1 Å². The fourth-order valence-electron chi connectivity index (χ4n) is 1.36. The van der Waals surface area contributed by atoms with E-state index in [1.54, 1.807) is 0 Å². The molecule has 1 fully saturated rings. The summed E-state index contributed by atoms with van der Waals surface area (Å²) in [4.78, 5) is 11.5. The van der Waals surface area contributed by atoms with Crippen molar-refractivity contribution in [2.75, 3.05) is 0 Å². The first-order valence-corrected chi connectivity index (χ1v) is 5.21. The molecule has 0 aromatic carbocycles. The van der Waals surface area contributed by atoms with E-state index in [4.69, 9.17) is 5.73 Å². The van der Waals surface area contributed by atoms with Crippen LogP contribution in [-0.4, -0.2) is 18.0 Å². The van der Waals surface area contributed by atoms with Gasteiger partial charge in [0.2, 0.25) is 5.91 Å². The van der Waals surface area contributed by atoms with Crippen molar-refractivity contribution in [3.8, 4) is 0 Å². The number of nitrogens with two attached hydrogens (primary N) is 1. The van der Waals surface area contributed by atoms with Crippen LogP contribution in [0.5, 0.6) is 0 Å². The van der Waals surface area contributed by atoms with E-state index < -0.39 is 0 Å². The Morgan fingerprint density at radius 1 is 1.62 bits per heavy atom. The van der Waals surface area contributed by atoms with Crippen LogP contribution in [0.15, 0.2) is 0 Å². The number of nitrogens with one attached hydrogen (secondary N) is 1. The number of carbonyl (C=O) groups excluding carboxylic acids is 1. The molecule has 0 aromatic rings. The normalized spacial score (nSPS) is 21.8. The molecule has 1 saturated carbocycles. The van der Waals surface area contributed by atoms with Gasteiger partial charge in [-0.25, -0.2) is 0 Å². The summed E-state index contributed by atoms with van der Waals surface area (Å²) in [6.07, 6.45) is 4.45. The predicted octanol–water partition coefficient (Wildman–Crippen LogP) is 1.03. The largest absolute Gasteiger partial charge is 0.352 e. The molecule has 3 N–H and O–H groups in total. The average Bonchev–Trinajstić information content (AvgIpc) is 2.08. The average molecular weight is 184 g/mol. The number of carbonyl (C=O) groups is 1. The van der Waals surface area contributed by atoms with Crippen LogP contribution in [0.2, 0.25) is 0 Å². The molecule has 3 nitrogen and oxygen atoms in total. The highest BCUT2D eigenvalue weighted by Gasteiger charge is 2.24. The lowest BCUT2D eigenvalue weighted by atomic mass is 9.92. The van der Waals surface area contributed by atoms with Gasteiger partial charge in [0, 0.05) is 6.04 Å². The van der Waals surface area contributed by atoms with Crippen LogP contribution >= 0.6 is 0 Å². The van der Waals surface area contributed by atoms with Crippen LogP contribution in [0.25, 0.3) is 0 Å². The minimum absolute atomic E-state index is 0.0269. The molecule has 0 bridgehead atoms. The van der Waals surface area contributed by atoms with Gasteiger partial charge in [0.1, 0.15) is 0 Å². The van der Waals surface area contributed by atoms with E-state index in [-0.39, 0.29) is 17.9 Å². The zero-order chi connectivity index (χ0) is 9.84. The van der Waals surface area contributed by atoms with Crippen molar-refractivity contribution in [3.63, 3.8) is 0 Å². The Bertz CT molecular complexity index is 178. The predicted molar refractivity (Wildman–Crippen MR) is 53.2 cm³/mol. The van der Waals surface area contributed by atoms with Gasteiger partial charge in [-0.3, -0.25) is 4.79 Å². The Balaban J connectivity index is 2.28. The second-order valence-electron chi connectivity index (χ2n) is 4.05. The van der Waals surface area contributed by atoms with Crippen LogP contribution < -0.4 is 11.1 Å². The monoisotopic (exact) mass is 184 g/mol. The summed E-state index contributed by atoms with van der Waals surface area (Å²) in [5.41, 5.74) is 5.79. The zero-order valence-electron chi connectivity index (χ0n) is 8.55. The maximum Gasteiger partial charge on any atom is 0.237 e. The molecular weight excluding hydrogens is 164 g/mol. The van der Waals surface area contributed by atoms with E-state index in [9.17, 15) is 4.79 Å². The minimum atomic E-state index is -0.328. The molecule has 0 heterocycles. The van der Waals surface area contributed by atoms with E-state index in [1.807, 2.05) is 6.92 Å². The standard InChI is InChI=1S/C10H20N2O/c1-3-7(2)9(11)10(13)12-8-5-4-6-8/h7-9H,3-6,11H2,1-2H3,(H,12,13)/t7?,9-/m0/s1. The molecule has 0 saturated heterocycles. The molecule has 1 aliphatic rings. The van der Waals surface area contributed by atoms with Crippen LogP contribution in [0.1, 0.15) is 39.5 Å². The Morgan fingerprint density at radius 3 is 2.62 bits per heavy atom. The Hall–Kier alpha value is -0.570. The van der Waals surface area contributed by atoms with Gasteiger partial charge in [0.25, 0.3) is 0 Å². The van der Waals surface area contributed by atoms with Crippen molar-refractivity contribution in [3.05, 3.63) is 0 Å². The Labute approximate surface area is 80.1 Å². The Kier molecular flexibility index (Phi) is 3.72. The fraction of sp³-hybridized carbons (Fsp3) is 0.900. The molecule has 2 atom stereocenters. The second kappa shape index (κ2) is 4.61. The van der Waals surface area contributed by atoms with Gasteiger partial charge >= 0.3 is 0 Å². The highest BCUT2D eigenvalue weighted by atomic mass is 16.2. The summed E-state index contributed by atoms with van der Waals surface area (Å²) in [6, 6.07) is 0.0770.